The summed E-state index contributed by atoms with van der Waals surface area (Å²) >= 11 is 6.12. The number of aromatic hydroxyl groups is 1. The Morgan fingerprint density at radius 2 is 1.95 bits per heavy atom. The van der Waals surface area contributed by atoms with Crippen molar-refractivity contribution in [2.45, 2.75) is 13.1 Å². The largest absolute Gasteiger partial charge is 0.505 e. The Balaban J connectivity index is 2.05. The number of rotatable bonds is 5. The van der Waals surface area contributed by atoms with Gasteiger partial charge in [-0.3, -0.25) is 0 Å². The number of hydrogen-bond donors (Lipinski definition) is 2. The molecule has 5 heteroatoms. The first-order valence-electron chi connectivity index (χ1n) is 6.12. The molecule has 0 heterocycles. The summed E-state index contributed by atoms with van der Waals surface area (Å²) in [4.78, 5) is 0. The van der Waals surface area contributed by atoms with Crippen molar-refractivity contribution in [1.82, 2.24) is 5.32 Å². The van der Waals surface area contributed by atoms with Crippen LogP contribution in [0.15, 0.2) is 36.4 Å². The van der Waals surface area contributed by atoms with Gasteiger partial charge in [0, 0.05) is 29.2 Å². The number of phenols is 1. The molecule has 0 fully saturated rings. The summed E-state index contributed by atoms with van der Waals surface area (Å²) in [5.41, 5.74) is 1.32. The van der Waals surface area contributed by atoms with Gasteiger partial charge in [0.05, 0.1) is 7.11 Å². The molecule has 3 nitrogen and oxygen atoms in total. The van der Waals surface area contributed by atoms with Crippen LogP contribution in [0.4, 0.5) is 4.39 Å². The highest BCUT2D eigenvalue weighted by molar-refractivity contribution is 6.31. The van der Waals surface area contributed by atoms with E-state index in [0.29, 0.717) is 29.4 Å². The van der Waals surface area contributed by atoms with Crippen molar-refractivity contribution in [2.75, 3.05) is 7.11 Å². The number of benzene rings is 2. The number of halogens is 2. The highest BCUT2D eigenvalue weighted by atomic mass is 35.5. The number of hydrogen-bond acceptors (Lipinski definition) is 3. The zero-order chi connectivity index (χ0) is 14.5. The summed E-state index contributed by atoms with van der Waals surface area (Å²) in [5.74, 6) is -0.265. The number of nitrogens with one attached hydrogen (secondary N) is 1. The Labute approximate surface area is 122 Å². The van der Waals surface area contributed by atoms with E-state index in [4.69, 9.17) is 16.3 Å². The number of phenolic OH excluding ortho intramolecular Hbond substituents is 1. The number of methoxy groups -OCH3 is 1. The first-order chi connectivity index (χ1) is 9.63. The van der Waals surface area contributed by atoms with E-state index in [0.717, 1.165) is 5.56 Å². The van der Waals surface area contributed by atoms with Crippen LogP contribution in [-0.2, 0) is 13.1 Å². The minimum Gasteiger partial charge on any atom is -0.505 e. The zero-order valence-electron chi connectivity index (χ0n) is 11.0. The third kappa shape index (κ3) is 3.21. The van der Waals surface area contributed by atoms with E-state index in [1.807, 2.05) is 12.1 Å². The molecule has 106 valence electrons. The molecule has 2 rings (SSSR count). The second-order valence-electron chi connectivity index (χ2n) is 4.27. The quantitative estimate of drug-likeness (QED) is 0.887. The summed E-state index contributed by atoms with van der Waals surface area (Å²) < 4.78 is 18.4. The molecule has 0 unspecified atom stereocenters. The van der Waals surface area contributed by atoms with Gasteiger partial charge in [-0.2, -0.15) is 0 Å². The molecule has 0 amide bonds. The van der Waals surface area contributed by atoms with Crippen molar-refractivity contribution >= 4 is 11.6 Å². The molecule has 2 N–H and O–H groups in total. The Morgan fingerprint density at radius 3 is 2.70 bits per heavy atom. The lowest BCUT2D eigenvalue weighted by Crippen LogP contribution is -2.14. The van der Waals surface area contributed by atoms with Crippen molar-refractivity contribution in [1.29, 1.82) is 0 Å². The maximum absolute atomic E-state index is 13.2. The van der Waals surface area contributed by atoms with Gasteiger partial charge in [-0.25, -0.2) is 4.39 Å². The van der Waals surface area contributed by atoms with E-state index < -0.39 is 5.82 Å². The fourth-order valence-corrected chi connectivity index (χ4v) is 2.16. The first-order valence-corrected chi connectivity index (χ1v) is 6.49. The predicted octanol–water partition coefficient (Wildman–Crippen LogP) is 3.48. The Hall–Kier alpha value is -1.78. The number of para-hydroxylation sites is 1. The lowest BCUT2D eigenvalue weighted by atomic mass is 10.1. The van der Waals surface area contributed by atoms with Gasteiger partial charge in [0.2, 0.25) is 0 Å². The fraction of sp³-hybridized carbons (Fsp3) is 0.200. The predicted molar refractivity (Wildman–Crippen MR) is 76.6 cm³/mol. The molecule has 0 aromatic heterocycles. The molecular weight excluding hydrogens is 281 g/mol. The standard InChI is InChI=1S/C15H15ClFNO2/c1-20-14-7-3-5-12(16)11(14)9-18-8-10-4-2-6-13(17)15(10)19/h2-7,18-19H,8-9H2,1H3. The average Bonchev–Trinajstić information content (AvgIpc) is 2.45. The molecule has 0 saturated carbocycles. The molecule has 0 aliphatic carbocycles. The van der Waals surface area contributed by atoms with Crippen LogP contribution in [0.2, 0.25) is 5.02 Å². The van der Waals surface area contributed by atoms with Crippen LogP contribution < -0.4 is 10.1 Å². The van der Waals surface area contributed by atoms with E-state index in [2.05, 4.69) is 5.32 Å². The van der Waals surface area contributed by atoms with Crippen molar-refractivity contribution < 1.29 is 14.2 Å². The Bertz CT molecular complexity index is 604. The molecule has 0 aliphatic heterocycles. The van der Waals surface area contributed by atoms with Gasteiger partial charge in [0.25, 0.3) is 0 Å². The Morgan fingerprint density at radius 1 is 1.20 bits per heavy atom. The van der Waals surface area contributed by atoms with Gasteiger partial charge < -0.3 is 15.2 Å². The third-order valence-corrected chi connectivity index (χ3v) is 3.34. The first kappa shape index (κ1) is 14.6. The number of ether oxygens (including phenoxy) is 1. The summed E-state index contributed by atoms with van der Waals surface area (Å²) in [6, 6.07) is 9.85. The maximum atomic E-state index is 13.2. The average molecular weight is 296 g/mol. The van der Waals surface area contributed by atoms with Gasteiger partial charge in [-0.05, 0) is 18.2 Å². The van der Waals surface area contributed by atoms with Crippen LogP contribution in [0.5, 0.6) is 11.5 Å². The molecule has 0 aliphatic rings. The van der Waals surface area contributed by atoms with Gasteiger partial charge in [-0.15, -0.1) is 0 Å². The molecule has 20 heavy (non-hydrogen) atoms. The van der Waals surface area contributed by atoms with E-state index in [-0.39, 0.29) is 5.75 Å². The molecule has 0 spiro atoms. The normalized spacial score (nSPS) is 10.6. The lowest BCUT2D eigenvalue weighted by molar-refractivity contribution is 0.406. The molecule has 0 radical (unpaired) electrons. The van der Waals surface area contributed by atoms with Crippen molar-refractivity contribution in [3.8, 4) is 11.5 Å². The summed E-state index contributed by atoms with van der Waals surface area (Å²) in [6.07, 6.45) is 0. The summed E-state index contributed by atoms with van der Waals surface area (Å²) in [5, 5.41) is 13.3. The molecule has 0 atom stereocenters. The third-order valence-electron chi connectivity index (χ3n) is 2.98. The van der Waals surface area contributed by atoms with Crippen LogP contribution >= 0.6 is 11.6 Å². The summed E-state index contributed by atoms with van der Waals surface area (Å²) in [6.45, 7) is 0.788. The SMILES string of the molecule is COc1cccc(Cl)c1CNCc1cccc(F)c1O. The fourth-order valence-electron chi connectivity index (χ4n) is 1.93. The van der Waals surface area contributed by atoms with Gasteiger partial charge >= 0.3 is 0 Å². The molecule has 0 saturated heterocycles. The second kappa shape index (κ2) is 6.59. The molecular formula is C15H15ClFNO2. The van der Waals surface area contributed by atoms with E-state index in [1.54, 1.807) is 25.3 Å². The van der Waals surface area contributed by atoms with Crippen LogP contribution in [0.3, 0.4) is 0 Å². The summed E-state index contributed by atoms with van der Waals surface area (Å²) in [7, 11) is 1.58. The molecule has 2 aromatic carbocycles. The van der Waals surface area contributed by atoms with Crippen LogP contribution in [0, 0.1) is 5.82 Å². The van der Waals surface area contributed by atoms with Crippen LogP contribution in [0.1, 0.15) is 11.1 Å². The van der Waals surface area contributed by atoms with Crippen molar-refractivity contribution in [3.63, 3.8) is 0 Å². The lowest BCUT2D eigenvalue weighted by Gasteiger charge is -2.12. The maximum Gasteiger partial charge on any atom is 0.165 e. The second-order valence-corrected chi connectivity index (χ2v) is 4.68. The highest BCUT2D eigenvalue weighted by Crippen LogP contribution is 2.26. The van der Waals surface area contributed by atoms with Gasteiger partial charge in [-0.1, -0.05) is 29.8 Å². The van der Waals surface area contributed by atoms with E-state index in [9.17, 15) is 9.50 Å². The van der Waals surface area contributed by atoms with Crippen molar-refractivity contribution in [2.24, 2.45) is 0 Å². The van der Waals surface area contributed by atoms with Crippen LogP contribution in [0.25, 0.3) is 0 Å². The monoisotopic (exact) mass is 295 g/mol. The van der Waals surface area contributed by atoms with E-state index in [1.165, 1.54) is 6.07 Å². The van der Waals surface area contributed by atoms with Gasteiger partial charge in [0.15, 0.2) is 11.6 Å². The highest BCUT2D eigenvalue weighted by Gasteiger charge is 2.09. The topological polar surface area (TPSA) is 41.5 Å². The molecule has 0 bridgehead atoms. The smallest absolute Gasteiger partial charge is 0.165 e. The zero-order valence-corrected chi connectivity index (χ0v) is 11.7. The minimum atomic E-state index is -0.625. The van der Waals surface area contributed by atoms with Crippen molar-refractivity contribution in [3.05, 3.63) is 58.4 Å². The molecule has 2 aromatic rings. The van der Waals surface area contributed by atoms with Crippen LogP contribution in [-0.4, -0.2) is 12.2 Å². The minimum absolute atomic E-state index is 0.328. The Kier molecular flexibility index (Phi) is 4.82. The van der Waals surface area contributed by atoms with Gasteiger partial charge in [0.1, 0.15) is 5.75 Å². The van der Waals surface area contributed by atoms with E-state index >= 15 is 0 Å².